The Morgan fingerprint density at radius 1 is 0.700 bits per heavy atom. The van der Waals surface area contributed by atoms with Gasteiger partial charge in [0, 0.05) is 9.75 Å². The Morgan fingerprint density at radius 3 is 1.75 bits per heavy atom. The van der Waals surface area contributed by atoms with E-state index in [0.29, 0.717) is 0 Å². The molecule has 0 aliphatic carbocycles. The van der Waals surface area contributed by atoms with Crippen LogP contribution in [-0.4, -0.2) is 7.11 Å². The highest BCUT2D eigenvalue weighted by Crippen LogP contribution is 2.30. The zero-order chi connectivity index (χ0) is 13.9. The van der Waals surface area contributed by atoms with Gasteiger partial charge in [-0.25, -0.2) is 0 Å². The van der Waals surface area contributed by atoms with Gasteiger partial charge in [-0.2, -0.15) is 0 Å². The number of methoxy groups -OCH3 is 1. The van der Waals surface area contributed by atoms with Gasteiger partial charge in [0.2, 0.25) is 0 Å². The molecule has 0 fully saturated rings. The molecule has 1 nitrogen and oxygen atoms in total. The number of hydrogen-bond acceptors (Lipinski definition) is 2. The maximum Gasteiger partial charge on any atom is 0.118 e. The lowest BCUT2D eigenvalue weighted by molar-refractivity contribution is 0.415. The second kappa shape index (κ2) is 5.51. The largest absolute Gasteiger partial charge is 0.497 e. The molecule has 0 N–H and O–H groups in total. The molecule has 0 bridgehead atoms. The summed E-state index contributed by atoms with van der Waals surface area (Å²) in [4.78, 5) is 2.67. The highest BCUT2D eigenvalue weighted by atomic mass is 32.1. The van der Waals surface area contributed by atoms with Gasteiger partial charge in [0.05, 0.1) is 7.11 Å². The average Bonchev–Trinajstić information content (AvgIpc) is 2.94. The predicted molar refractivity (Wildman–Crippen MR) is 86.5 cm³/mol. The number of benzene rings is 2. The van der Waals surface area contributed by atoms with Crippen molar-refractivity contribution in [2.24, 2.45) is 0 Å². The molecule has 0 spiro atoms. The van der Waals surface area contributed by atoms with E-state index in [9.17, 15) is 0 Å². The SMILES string of the molecule is COc1ccc(-c2ccc(-c3ccc(C)s3)cc2)cc1. The van der Waals surface area contributed by atoms with Gasteiger partial charge >= 0.3 is 0 Å². The van der Waals surface area contributed by atoms with Gasteiger partial charge in [-0.15, -0.1) is 11.3 Å². The molecule has 3 rings (SSSR count). The minimum Gasteiger partial charge on any atom is -0.497 e. The van der Waals surface area contributed by atoms with Crippen LogP contribution in [0.25, 0.3) is 21.6 Å². The van der Waals surface area contributed by atoms with Crippen molar-refractivity contribution in [3.8, 4) is 27.3 Å². The van der Waals surface area contributed by atoms with Gasteiger partial charge in [0.15, 0.2) is 0 Å². The Morgan fingerprint density at radius 2 is 1.25 bits per heavy atom. The predicted octanol–water partition coefficient (Wildman–Crippen LogP) is 5.40. The van der Waals surface area contributed by atoms with E-state index in [1.165, 1.54) is 26.4 Å². The molecular formula is C18H16OS. The Hall–Kier alpha value is -2.06. The van der Waals surface area contributed by atoms with Crippen molar-refractivity contribution in [3.63, 3.8) is 0 Å². The summed E-state index contributed by atoms with van der Waals surface area (Å²) in [5.41, 5.74) is 3.71. The smallest absolute Gasteiger partial charge is 0.118 e. The van der Waals surface area contributed by atoms with Gasteiger partial charge in [-0.1, -0.05) is 36.4 Å². The number of aryl methyl sites for hydroxylation is 1. The minimum absolute atomic E-state index is 0.888. The van der Waals surface area contributed by atoms with Gasteiger partial charge in [-0.3, -0.25) is 0 Å². The molecule has 0 aliphatic rings. The van der Waals surface area contributed by atoms with E-state index >= 15 is 0 Å². The summed E-state index contributed by atoms with van der Waals surface area (Å²) in [6.07, 6.45) is 0. The van der Waals surface area contributed by atoms with E-state index < -0.39 is 0 Å². The molecule has 0 saturated heterocycles. The lowest BCUT2D eigenvalue weighted by atomic mass is 10.0. The first-order chi connectivity index (χ1) is 9.76. The molecule has 2 heteroatoms. The molecule has 0 atom stereocenters. The summed E-state index contributed by atoms with van der Waals surface area (Å²) in [5, 5.41) is 0. The Labute approximate surface area is 123 Å². The van der Waals surface area contributed by atoms with Crippen LogP contribution in [0.15, 0.2) is 60.7 Å². The van der Waals surface area contributed by atoms with E-state index in [0.717, 1.165) is 5.75 Å². The van der Waals surface area contributed by atoms with Gasteiger partial charge in [-0.05, 0) is 47.9 Å². The monoisotopic (exact) mass is 280 g/mol. The molecule has 0 saturated carbocycles. The third-order valence-corrected chi connectivity index (χ3v) is 4.38. The number of ether oxygens (including phenoxy) is 1. The Kier molecular flexibility index (Phi) is 3.57. The molecular weight excluding hydrogens is 264 g/mol. The van der Waals surface area contributed by atoms with Crippen molar-refractivity contribution in [2.75, 3.05) is 7.11 Å². The highest BCUT2D eigenvalue weighted by molar-refractivity contribution is 7.15. The second-order valence-corrected chi connectivity index (χ2v) is 6.00. The standard InChI is InChI=1S/C18H16OS/c1-13-3-12-18(20-13)16-6-4-14(5-7-16)15-8-10-17(19-2)11-9-15/h3-12H,1-2H3. The van der Waals surface area contributed by atoms with E-state index in [-0.39, 0.29) is 0 Å². The molecule has 100 valence electrons. The van der Waals surface area contributed by atoms with Crippen LogP contribution in [0.4, 0.5) is 0 Å². The second-order valence-electron chi connectivity index (χ2n) is 4.72. The molecule has 1 heterocycles. The third-order valence-electron chi connectivity index (χ3n) is 3.33. The zero-order valence-corrected chi connectivity index (χ0v) is 12.4. The fraction of sp³-hybridized carbons (Fsp3) is 0.111. The third kappa shape index (κ3) is 2.61. The summed E-state index contributed by atoms with van der Waals surface area (Å²) in [6, 6.07) is 21.2. The molecule has 1 aromatic heterocycles. The van der Waals surface area contributed by atoms with Gasteiger partial charge < -0.3 is 4.74 Å². The Bertz CT molecular complexity index is 693. The van der Waals surface area contributed by atoms with E-state index in [2.05, 4.69) is 55.5 Å². The summed E-state index contributed by atoms with van der Waals surface area (Å²) >= 11 is 1.83. The van der Waals surface area contributed by atoms with Crippen molar-refractivity contribution >= 4 is 11.3 Å². The molecule has 3 aromatic rings. The summed E-state index contributed by atoms with van der Waals surface area (Å²) in [6.45, 7) is 2.14. The van der Waals surface area contributed by atoms with Crippen LogP contribution < -0.4 is 4.74 Å². The van der Waals surface area contributed by atoms with Crippen LogP contribution in [0.3, 0.4) is 0 Å². The van der Waals surface area contributed by atoms with E-state index in [1.807, 2.05) is 23.5 Å². The van der Waals surface area contributed by atoms with Crippen LogP contribution in [-0.2, 0) is 0 Å². The number of thiophene rings is 1. The van der Waals surface area contributed by atoms with Crippen LogP contribution in [0, 0.1) is 6.92 Å². The minimum atomic E-state index is 0.888. The van der Waals surface area contributed by atoms with Crippen LogP contribution in [0.5, 0.6) is 5.75 Å². The average molecular weight is 280 g/mol. The quantitative estimate of drug-likeness (QED) is 0.624. The molecule has 2 aromatic carbocycles. The first-order valence-electron chi connectivity index (χ1n) is 6.57. The van der Waals surface area contributed by atoms with Crippen LogP contribution in [0.2, 0.25) is 0 Å². The lowest BCUT2D eigenvalue weighted by Crippen LogP contribution is -1.82. The number of rotatable bonds is 3. The van der Waals surface area contributed by atoms with E-state index in [4.69, 9.17) is 4.74 Å². The van der Waals surface area contributed by atoms with Crippen LogP contribution in [0.1, 0.15) is 4.88 Å². The molecule has 20 heavy (non-hydrogen) atoms. The van der Waals surface area contributed by atoms with Crippen molar-refractivity contribution in [3.05, 3.63) is 65.5 Å². The summed E-state index contributed by atoms with van der Waals surface area (Å²) in [7, 11) is 1.69. The van der Waals surface area contributed by atoms with Crippen LogP contribution >= 0.6 is 11.3 Å². The molecule has 0 amide bonds. The fourth-order valence-electron chi connectivity index (χ4n) is 2.20. The summed E-state index contributed by atoms with van der Waals surface area (Å²) < 4.78 is 5.19. The fourth-order valence-corrected chi connectivity index (χ4v) is 3.07. The number of hydrogen-bond donors (Lipinski definition) is 0. The van der Waals surface area contributed by atoms with Gasteiger partial charge in [0.1, 0.15) is 5.75 Å². The van der Waals surface area contributed by atoms with Crippen molar-refractivity contribution in [1.29, 1.82) is 0 Å². The molecule has 0 radical (unpaired) electrons. The maximum atomic E-state index is 5.19. The van der Waals surface area contributed by atoms with E-state index in [1.54, 1.807) is 7.11 Å². The first-order valence-corrected chi connectivity index (χ1v) is 7.39. The Balaban J connectivity index is 1.88. The van der Waals surface area contributed by atoms with Crippen molar-refractivity contribution in [1.82, 2.24) is 0 Å². The first kappa shape index (κ1) is 12.9. The van der Waals surface area contributed by atoms with Gasteiger partial charge in [0.25, 0.3) is 0 Å². The lowest BCUT2D eigenvalue weighted by Gasteiger charge is -2.05. The maximum absolute atomic E-state index is 5.19. The van der Waals surface area contributed by atoms with Crippen molar-refractivity contribution in [2.45, 2.75) is 6.92 Å². The molecule has 0 unspecified atom stereocenters. The normalized spacial score (nSPS) is 10.5. The topological polar surface area (TPSA) is 9.23 Å². The zero-order valence-electron chi connectivity index (χ0n) is 11.6. The highest BCUT2D eigenvalue weighted by Gasteiger charge is 2.02. The molecule has 0 aliphatic heterocycles. The summed E-state index contributed by atoms with van der Waals surface area (Å²) in [5.74, 6) is 0.888. The van der Waals surface area contributed by atoms with Crippen molar-refractivity contribution < 1.29 is 4.74 Å².